The van der Waals surface area contributed by atoms with Crippen LogP contribution in [0.2, 0.25) is 0 Å². The van der Waals surface area contributed by atoms with Crippen LogP contribution in [-0.4, -0.2) is 75.0 Å². The van der Waals surface area contributed by atoms with Crippen molar-refractivity contribution in [2.75, 3.05) is 6.54 Å². The van der Waals surface area contributed by atoms with Crippen LogP contribution in [0.1, 0.15) is 75.7 Å². The van der Waals surface area contributed by atoms with E-state index in [4.69, 9.17) is 14.6 Å². The van der Waals surface area contributed by atoms with E-state index in [1.807, 2.05) is 0 Å². The number of amides is 2. The van der Waals surface area contributed by atoms with Crippen LogP contribution in [0.25, 0.3) is 0 Å². The van der Waals surface area contributed by atoms with E-state index < -0.39 is 53.0 Å². The molecule has 0 aliphatic carbocycles. The van der Waals surface area contributed by atoms with Crippen LogP contribution in [0.4, 0.5) is 9.59 Å². The number of ether oxygens (including phenoxy) is 2. The summed E-state index contributed by atoms with van der Waals surface area (Å²) in [5.41, 5.74) is -1.79. The second-order valence-corrected chi connectivity index (χ2v) is 10.9. The summed E-state index contributed by atoms with van der Waals surface area (Å²) in [6, 6.07) is -1.52. The van der Waals surface area contributed by atoms with Crippen molar-refractivity contribution in [2.45, 2.75) is 105 Å². The maximum Gasteiger partial charge on any atom is 0.410 e. The van der Waals surface area contributed by atoms with Gasteiger partial charge in [0.2, 0.25) is 0 Å². The maximum absolute atomic E-state index is 11.8. The summed E-state index contributed by atoms with van der Waals surface area (Å²) in [5.74, 6) is -1.19. The van der Waals surface area contributed by atoms with Crippen molar-refractivity contribution < 1.29 is 38.9 Å². The van der Waals surface area contributed by atoms with Crippen LogP contribution >= 0.6 is 0 Å². The predicted octanol–water partition coefficient (Wildman–Crippen LogP) is 2.96. The van der Waals surface area contributed by atoms with Gasteiger partial charge in [0, 0.05) is 6.42 Å². The number of ketones is 1. The second kappa shape index (κ2) is 11.0. The fraction of sp³-hybridized carbons (Fsp3) is 0.818. The first-order chi connectivity index (χ1) is 14.1. The number of carbonyl (C=O) groups is 4. The van der Waals surface area contributed by atoms with Crippen LogP contribution in [0.5, 0.6) is 0 Å². The highest BCUT2D eigenvalue weighted by molar-refractivity contribution is 5.86. The van der Waals surface area contributed by atoms with Gasteiger partial charge in [-0.2, -0.15) is 0 Å². The zero-order chi connectivity index (χ0) is 25.7. The second-order valence-electron chi connectivity index (χ2n) is 10.9. The molecule has 2 amide bonds. The first-order valence-electron chi connectivity index (χ1n) is 10.5. The minimum atomic E-state index is -1.07. The fourth-order valence-electron chi connectivity index (χ4n) is 2.80. The van der Waals surface area contributed by atoms with E-state index in [2.05, 4.69) is 5.32 Å². The number of nitrogens with one attached hydrogen (secondary N) is 1. The molecule has 0 aromatic rings. The summed E-state index contributed by atoms with van der Waals surface area (Å²) in [5, 5.41) is 20.8. The van der Waals surface area contributed by atoms with E-state index in [1.165, 1.54) is 11.8 Å². The molecule has 186 valence electrons. The molecular formula is C22H40N2O8. The summed E-state index contributed by atoms with van der Waals surface area (Å²) >= 11 is 0. The number of nitrogens with zero attached hydrogens (tertiary/aromatic N) is 1. The van der Waals surface area contributed by atoms with E-state index in [-0.39, 0.29) is 12.3 Å². The lowest BCUT2D eigenvalue weighted by molar-refractivity contribution is -0.142. The lowest BCUT2D eigenvalue weighted by Gasteiger charge is -2.29. The highest BCUT2D eigenvalue weighted by Crippen LogP contribution is 2.22. The van der Waals surface area contributed by atoms with E-state index in [0.717, 1.165) is 0 Å². The number of β-amino-alcohol motifs (C(OH)–C–C–N with tert-alkyl or cyclic N) is 1. The molecule has 1 rings (SSSR count). The monoisotopic (exact) mass is 460 g/mol. The molecule has 1 heterocycles. The van der Waals surface area contributed by atoms with Crippen molar-refractivity contribution in [3.05, 3.63) is 0 Å². The van der Waals surface area contributed by atoms with Gasteiger partial charge in [0.1, 0.15) is 17.2 Å². The van der Waals surface area contributed by atoms with Crippen LogP contribution in [0, 0.1) is 5.41 Å². The lowest BCUT2D eigenvalue weighted by Crippen LogP contribution is -2.50. The number of aliphatic carboxylic acids is 1. The lowest BCUT2D eigenvalue weighted by atomic mass is 9.87. The average Bonchev–Trinajstić information content (AvgIpc) is 2.91. The summed E-state index contributed by atoms with van der Waals surface area (Å²) in [6.07, 6.45) is -1.59. The van der Waals surface area contributed by atoms with Gasteiger partial charge < -0.3 is 25.0 Å². The minimum Gasteiger partial charge on any atom is -0.480 e. The molecule has 0 saturated carbocycles. The van der Waals surface area contributed by atoms with Gasteiger partial charge in [-0.15, -0.1) is 0 Å². The molecule has 0 spiro atoms. The first kappa shape index (κ1) is 29.6. The van der Waals surface area contributed by atoms with E-state index in [9.17, 15) is 24.3 Å². The van der Waals surface area contributed by atoms with Crippen LogP contribution in [0.15, 0.2) is 0 Å². The van der Waals surface area contributed by atoms with Gasteiger partial charge in [0.05, 0.1) is 18.7 Å². The number of hydrogen-bond donors (Lipinski definition) is 3. The topological polar surface area (TPSA) is 142 Å². The molecule has 1 aliphatic heterocycles. The zero-order valence-electron chi connectivity index (χ0n) is 20.9. The Morgan fingerprint density at radius 1 is 0.938 bits per heavy atom. The molecule has 10 heteroatoms. The summed E-state index contributed by atoms with van der Waals surface area (Å²) in [4.78, 5) is 46.8. The highest BCUT2D eigenvalue weighted by Gasteiger charge is 2.39. The van der Waals surface area contributed by atoms with E-state index >= 15 is 0 Å². The smallest absolute Gasteiger partial charge is 0.410 e. The number of likely N-dealkylation sites (tertiary alicyclic amines) is 1. The Bertz CT molecular complexity index is 686. The highest BCUT2D eigenvalue weighted by atomic mass is 16.6. The molecule has 1 aliphatic rings. The van der Waals surface area contributed by atoms with Crippen molar-refractivity contribution in [1.29, 1.82) is 0 Å². The van der Waals surface area contributed by atoms with Crippen LogP contribution < -0.4 is 5.32 Å². The number of Topliss-reactive ketones (excluding diaryl/α,β-unsaturated/α-hetero) is 1. The predicted molar refractivity (Wildman–Crippen MR) is 118 cm³/mol. The van der Waals surface area contributed by atoms with E-state index in [1.54, 1.807) is 62.3 Å². The van der Waals surface area contributed by atoms with Gasteiger partial charge >= 0.3 is 18.2 Å². The molecule has 0 aromatic heterocycles. The number of carboxylic acids is 1. The van der Waals surface area contributed by atoms with Gasteiger partial charge in [-0.25, -0.2) is 14.4 Å². The van der Waals surface area contributed by atoms with Gasteiger partial charge in [-0.05, 0) is 53.9 Å². The van der Waals surface area contributed by atoms with Gasteiger partial charge in [0.25, 0.3) is 0 Å². The van der Waals surface area contributed by atoms with Gasteiger partial charge in [0.15, 0.2) is 5.78 Å². The third-order valence-corrected chi connectivity index (χ3v) is 4.15. The molecule has 3 atom stereocenters. The van der Waals surface area contributed by atoms with E-state index in [0.29, 0.717) is 6.42 Å². The number of carboxylic acid groups (broad SMARTS) is 1. The number of rotatable bonds is 3. The molecule has 3 N–H and O–H groups in total. The van der Waals surface area contributed by atoms with Crippen molar-refractivity contribution in [3.8, 4) is 0 Å². The summed E-state index contributed by atoms with van der Waals surface area (Å²) < 4.78 is 10.2. The minimum absolute atomic E-state index is 0.123. The van der Waals surface area contributed by atoms with Crippen molar-refractivity contribution in [1.82, 2.24) is 10.2 Å². The molecule has 1 saturated heterocycles. The largest absolute Gasteiger partial charge is 0.480 e. The zero-order valence-corrected chi connectivity index (χ0v) is 20.9. The van der Waals surface area contributed by atoms with Gasteiger partial charge in [-0.3, -0.25) is 9.69 Å². The van der Waals surface area contributed by atoms with Crippen molar-refractivity contribution >= 4 is 23.9 Å². The number of aliphatic hydroxyl groups excluding tert-OH is 1. The number of hydrogen-bond acceptors (Lipinski definition) is 7. The summed E-state index contributed by atoms with van der Waals surface area (Å²) in [7, 11) is 0. The average molecular weight is 461 g/mol. The molecule has 32 heavy (non-hydrogen) atoms. The first-order valence-corrected chi connectivity index (χ1v) is 10.5. The Morgan fingerprint density at radius 2 is 1.41 bits per heavy atom. The molecule has 10 nitrogen and oxygen atoms in total. The molecule has 0 radical (unpaired) electrons. The molecule has 0 aromatic carbocycles. The number of carbonyl (C=O) groups excluding carboxylic acids is 3. The molecular weight excluding hydrogens is 420 g/mol. The van der Waals surface area contributed by atoms with Crippen LogP contribution in [-0.2, 0) is 19.1 Å². The van der Waals surface area contributed by atoms with Crippen molar-refractivity contribution in [3.63, 3.8) is 0 Å². The third kappa shape index (κ3) is 11.3. The van der Waals surface area contributed by atoms with Crippen molar-refractivity contribution in [2.24, 2.45) is 5.41 Å². The Labute approximate surface area is 190 Å². The molecule has 0 bridgehead atoms. The van der Waals surface area contributed by atoms with Crippen LogP contribution in [0.3, 0.4) is 0 Å². The Hall–Kier alpha value is -2.36. The Balaban J connectivity index is 0.000000601. The maximum atomic E-state index is 11.8. The van der Waals surface area contributed by atoms with Gasteiger partial charge in [-0.1, -0.05) is 20.8 Å². The normalized spacial score (nSPS) is 19.9. The fourth-order valence-corrected chi connectivity index (χ4v) is 2.80. The Morgan fingerprint density at radius 3 is 1.75 bits per heavy atom. The molecule has 1 fully saturated rings. The standard InChI is InChI=1S/C11H19NO4.C11H21NO4/c1-7(13)9-5-8(14)6-12(9)10(15)16-11(2,3)4;1-10(2,3)7(8(13)14)12-9(15)16-11(4,5)6/h8-9,14H,5-6H2,1-4H3;7H,1-6H3,(H,12,15)(H,13,14)/t8-,9+;7-/m11/s1. The Kier molecular flexibility index (Phi) is 10.2. The SMILES string of the molecule is CC(=O)[C@@H]1C[C@@H](O)CN1C(=O)OC(C)(C)C.CC(C)(C)OC(=O)N[C@H](C(=O)O)C(C)(C)C. The molecule has 0 unspecified atom stereocenters. The third-order valence-electron chi connectivity index (χ3n) is 4.15. The quantitative estimate of drug-likeness (QED) is 0.583. The number of aliphatic hydroxyl groups is 1. The number of alkyl carbamates (subject to hydrolysis) is 1. The summed E-state index contributed by atoms with van der Waals surface area (Å²) in [6.45, 7) is 17.3.